The molecular weight excluding hydrogens is 256 g/mol. The highest BCUT2D eigenvalue weighted by atomic mass is 16.5. The maximum absolute atomic E-state index is 9.48. The number of aliphatic hydroxyl groups excluding tert-OH is 1. The van der Waals surface area contributed by atoms with Gasteiger partial charge in [-0.3, -0.25) is 0 Å². The van der Waals surface area contributed by atoms with E-state index in [0.29, 0.717) is 24.0 Å². The van der Waals surface area contributed by atoms with Gasteiger partial charge >= 0.3 is 0 Å². The largest absolute Gasteiger partial charge is 0.396 e. The minimum absolute atomic E-state index is 0.261. The Kier molecular flexibility index (Phi) is 4.42. The summed E-state index contributed by atoms with van der Waals surface area (Å²) in [6, 6.07) is 0. The van der Waals surface area contributed by atoms with Crippen LogP contribution < -0.4 is 0 Å². The molecule has 6 heteroatoms. The second-order valence-corrected chi connectivity index (χ2v) is 5.73. The quantitative estimate of drug-likeness (QED) is 0.579. The lowest BCUT2D eigenvalue weighted by atomic mass is 9.78. The van der Waals surface area contributed by atoms with Crippen molar-refractivity contribution in [1.29, 1.82) is 0 Å². The molecule has 0 saturated carbocycles. The fraction of sp³-hybridized carbons (Fsp3) is 0.786. The second-order valence-electron chi connectivity index (χ2n) is 5.73. The summed E-state index contributed by atoms with van der Waals surface area (Å²) >= 11 is 0. The first-order valence-corrected chi connectivity index (χ1v) is 7.52. The Labute approximate surface area is 118 Å². The first-order valence-electron chi connectivity index (χ1n) is 7.52. The lowest BCUT2D eigenvalue weighted by Gasteiger charge is -2.25. The molecule has 20 heavy (non-hydrogen) atoms. The molecule has 2 fully saturated rings. The van der Waals surface area contributed by atoms with E-state index in [2.05, 4.69) is 32.8 Å². The van der Waals surface area contributed by atoms with Crippen molar-refractivity contribution in [2.45, 2.75) is 50.7 Å². The van der Waals surface area contributed by atoms with Crippen LogP contribution in [-0.2, 0) is 11.2 Å². The van der Waals surface area contributed by atoms with Crippen molar-refractivity contribution in [3.8, 4) is 0 Å². The zero-order chi connectivity index (χ0) is 13.8. The van der Waals surface area contributed by atoms with Crippen LogP contribution in [0.25, 0.3) is 0 Å². The fourth-order valence-corrected chi connectivity index (χ4v) is 3.49. The Morgan fingerprint density at radius 2 is 2.10 bits per heavy atom. The number of hydrogen-bond acceptors (Lipinski definition) is 5. The number of unbranched alkanes of at least 4 members (excludes halogenated alkanes) is 1. The highest BCUT2D eigenvalue weighted by Gasteiger charge is 2.47. The average Bonchev–Trinajstić information content (AvgIpc) is 3.18. The average molecular weight is 278 g/mol. The van der Waals surface area contributed by atoms with Gasteiger partial charge in [-0.1, -0.05) is 17.4 Å². The molecule has 1 aromatic rings. The van der Waals surface area contributed by atoms with Gasteiger partial charge in [0.25, 0.3) is 0 Å². The molecule has 0 unspecified atom stereocenters. The van der Waals surface area contributed by atoms with Gasteiger partial charge < -0.3 is 9.84 Å². The molecule has 2 bridgehead atoms. The van der Waals surface area contributed by atoms with Crippen LogP contribution in [-0.4, -0.2) is 44.5 Å². The summed E-state index contributed by atoms with van der Waals surface area (Å²) in [6.07, 6.45) is 11.4. The van der Waals surface area contributed by atoms with Gasteiger partial charge in [0, 0.05) is 18.9 Å². The number of H-pyrrole nitrogens is 1. The van der Waals surface area contributed by atoms with Crippen LogP contribution in [0, 0.1) is 11.8 Å². The third kappa shape index (κ3) is 2.91. The van der Waals surface area contributed by atoms with Crippen LogP contribution in [0.2, 0.25) is 0 Å². The van der Waals surface area contributed by atoms with E-state index in [9.17, 15) is 5.11 Å². The molecule has 2 aliphatic heterocycles. The Hall–Kier alpha value is -1.27. The summed E-state index contributed by atoms with van der Waals surface area (Å²) in [5.41, 5.74) is 0. The van der Waals surface area contributed by atoms with Crippen molar-refractivity contribution in [3.63, 3.8) is 0 Å². The zero-order valence-electron chi connectivity index (χ0n) is 11.6. The minimum atomic E-state index is 0.261. The van der Waals surface area contributed by atoms with E-state index in [-0.39, 0.29) is 6.61 Å². The number of tetrazole rings is 1. The smallest absolute Gasteiger partial charge is 0.174 e. The number of allylic oxidation sites excluding steroid dienone is 2. The second kappa shape index (κ2) is 6.45. The Morgan fingerprint density at radius 1 is 1.25 bits per heavy atom. The number of aromatic nitrogens is 4. The number of fused-ring (bicyclic) bond motifs is 2. The molecular formula is C14H22N4O2. The maximum Gasteiger partial charge on any atom is 0.174 e. The van der Waals surface area contributed by atoms with Crippen molar-refractivity contribution < 1.29 is 9.84 Å². The van der Waals surface area contributed by atoms with E-state index < -0.39 is 0 Å². The highest BCUT2D eigenvalue weighted by Crippen LogP contribution is 2.44. The van der Waals surface area contributed by atoms with Gasteiger partial charge in [0.2, 0.25) is 0 Å². The molecule has 4 atom stereocenters. The topological polar surface area (TPSA) is 83.9 Å². The van der Waals surface area contributed by atoms with Gasteiger partial charge in [-0.25, -0.2) is 0 Å². The lowest BCUT2D eigenvalue weighted by Crippen LogP contribution is -2.29. The van der Waals surface area contributed by atoms with Crippen molar-refractivity contribution in [3.05, 3.63) is 18.0 Å². The fourth-order valence-electron chi connectivity index (χ4n) is 3.49. The van der Waals surface area contributed by atoms with E-state index in [1.165, 1.54) is 0 Å². The highest BCUT2D eigenvalue weighted by molar-refractivity contribution is 4.99. The molecule has 0 aromatic carbocycles. The molecule has 0 amide bonds. The summed E-state index contributed by atoms with van der Waals surface area (Å²) in [6.45, 7) is 0.261. The van der Waals surface area contributed by atoms with E-state index in [0.717, 1.165) is 44.3 Å². The van der Waals surface area contributed by atoms with E-state index >= 15 is 0 Å². The van der Waals surface area contributed by atoms with Gasteiger partial charge in [0.15, 0.2) is 5.82 Å². The number of hydrogen-bond donors (Lipinski definition) is 2. The summed E-state index contributed by atoms with van der Waals surface area (Å²) < 4.78 is 5.89. The molecule has 3 rings (SSSR count). The van der Waals surface area contributed by atoms with Gasteiger partial charge in [0.05, 0.1) is 12.2 Å². The third-order valence-electron chi connectivity index (χ3n) is 4.54. The molecule has 3 heterocycles. The molecule has 110 valence electrons. The number of aryl methyl sites for hydroxylation is 1. The lowest BCUT2D eigenvalue weighted by molar-refractivity contribution is 0.0787. The summed E-state index contributed by atoms with van der Waals surface area (Å²) in [4.78, 5) is 0. The van der Waals surface area contributed by atoms with Crippen molar-refractivity contribution in [1.82, 2.24) is 20.6 Å². The predicted octanol–water partition coefficient (Wildman–Crippen LogP) is 1.25. The number of ether oxygens (including phenoxy) is 1. The predicted molar refractivity (Wildman–Crippen MR) is 72.8 cm³/mol. The van der Waals surface area contributed by atoms with Gasteiger partial charge in [-0.15, -0.1) is 10.2 Å². The SMILES string of the molecule is OC[C@H]1[C@@H](CC=CCCCc2nn[nH]n2)[C@H]2CC[C@@H]1O2. The van der Waals surface area contributed by atoms with Crippen LogP contribution in [0.3, 0.4) is 0 Å². The molecule has 6 nitrogen and oxygen atoms in total. The Morgan fingerprint density at radius 3 is 2.85 bits per heavy atom. The normalized spacial score (nSPS) is 32.5. The molecule has 2 aliphatic rings. The van der Waals surface area contributed by atoms with Crippen LogP contribution >= 0.6 is 0 Å². The number of nitrogens with zero attached hydrogens (tertiary/aromatic N) is 3. The summed E-state index contributed by atoms with van der Waals surface area (Å²) in [5.74, 6) is 1.63. The monoisotopic (exact) mass is 278 g/mol. The zero-order valence-corrected chi connectivity index (χ0v) is 11.6. The summed E-state index contributed by atoms with van der Waals surface area (Å²) in [7, 11) is 0. The van der Waals surface area contributed by atoms with Crippen LogP contribution in [0.5, 0.6) is 0 Å². The molecule has 0 aliphatic carbocycles. The standard InChI is InChI=1S/C14H22N4O2/c19-9-11-10(12-7-8-13(11)20-12)5-3-1-2-4-6-14-15-17-18-16-14/h1,3,10-13,19H,2,4-9H2,(H,15,16,17,18)/t10-,11+,12-,13+/m1/s1. The van der Waals surface area contributed by atoms with Crippen LogP contribution in [0.1, 0.15) is 37.9 Å². The molecule has 2 N–H and O–H groups in total. The van der Waals surface area contributed by atoms with Crippen molar-refractivity contribution in [2.24, 2.45) is 11.8 Å². The number of nitrogens with one attached hydrogen (secondary N) is 1. The third-order valence-corrected chi connectivity index (χ3v) is 4.54. The van der Waals surface area contributed by atoms with Gasteiger partial charge in [0.1, 0.15) is 0 Å². The molecule has 1 aromatic heterocycles. The maximum atomic E-state index is 9.48. The number of aliphatic hydroxyl groups is 1. The first-order chi connectivity index (χ1) is 9.88. The minimum Gasteiger partial charge on any atom is -0.396 e. The van der Waals surface area contributed by atoms with E-state index in [1.54, 1.807) is 0 Å². The van der Waals surface area contributed by atoms with Crippen molar-refractivity contribution in [2.75, 3.05) is 6.61 Å². The first kappa shape index (κ1) is 13.7. The van der Waals surface area contributed by atoms with Gasteiger partial charge in [-0.2, -0.15) is 5.21 Å². The Balaban J connectivity index is 1.37. The van der Waals surface area contributed by atoms with Crippen LogP contribution in [0.15, 0.2) is 12.2 Å². The summed E-state index contributed by atoms with van der Waals surface area (Å²) in [5, 5.41) is 23.3. The Bertz CT molecular complexity index is 434. The molecule has 2 saturated heterocycles. The number of aromatic amines is 1. The van der Waals surface area contributed by atoms with Crippen LogP contribution in [0.4, 0.5) is 0 Å². The molecule has 0 radical (unpaired) electrons. The number of rotatable bonds is 7. The van der Waals surface area contributed by atoms with E-state index in [4.69, 9.17) is 4.74 Å². The van der Waals surface area contributed by atoms with E-state index in [1.807, 2.05) is 0 Å². The van der Waals surface area contributed by atoms with Crippen molar-refractivity contribution >= 4 is 0 Å². The van der Waals surface area contributed by atoms with Gasteiger partial charge in [-0.05, 0) is 38.0 Å². The molecule has 0 spiro atoms.